The first kappa shape index (κ1) is 13.5. The van der Waals surface area contributed by atoms with Crippen molar-refractivity contribution >= 4 is 29.0 Å². The minimum atomic E-state index is -0.104. The number of Topliss-reactive ketones (excluding diaryl/α,β-unsaturated/α-hetero) is 1. The minimum Gasteiger partial charge on any atom is -0.327 e. The molecule has 0 bridgehead atoms. The Bertz CT molecular complexity index is 379. The molecule has 0 radical (unpaired) electrons. The smallest absolute Gasteiger partial charge is 0.165 e. The highest BCUT2D eigenvalue weighted by atomic mass is 35.5. The van der Waals surface area contributed by atoms with Crippen LogP contribution in [0.4, 0.5) is 0 Å². The van der Waals surface area contributed by atoms with Crippen molar-refractivity contribution in [2.75, 3.05) is 0 Å². The SMILES string of the molecule is CCCC(N)CC(=O)c1cc(Cl)ccc1Cl. The van der Waals surface area contributed by atoms with E-state index >= 15 is 0 Å². The molecule has 1 rings (SSSR count). The third-order valence-electron chi connectivity index (χ3n) is 2.34. The third kappa shape index (κ3) is 3.78. The van der Waals surface area contributed by atoms with Gasteiger partial charge in [-0.25, -0.2) is 0 Å². The fourth-order valence-corrected chi connectivity index (χ4v) is 1.93. The molecule has 0 aliphatic heterocycles. The fourth-order valence-electron chi connectivity index (χ4n) is 1.53. The van der Waals surface area contributed by atoms with Crippen molar-refractivity contribution in [2.45, 2.75) is 32.2 Å². The molecule has 1 aromatic rings. The molecule has 2 N–H and O–H groups in total. The molecule has 1 atom stereocenters. The molecule has 0 saturated carbocycles. The average molecular weight is 260 g/mol. The molecule has 0 amide bonds. The van der Waals surface area contributed by atoms with E-state index in [2.05, 4.69) is 0 Å². The van der Waals surface area contributed by atoms with Crippen LogP contribution in [-0.2, 0) is 0 Å². The maximum Gasteiger partial charge on any atom is 0.165 e. The monoisotopic (exact) mass is 259 g/mol. The van der Waals surface area contributed by atoms with E-state index in [4.69, 9.17) is 28.9 Å². The van der Waals surface area contributed by atoms with Crippen molar-refractivity contribution in [1.82, 2.24) is 0 Å². The zero-order valence-corrected chi connectivity index (χ0v) is 10.7. The van der Waals surface area contributed by atoms with Crippen LogP contribution in [-0.4, -0.2) is 11.8 Å². The van der Waals surface area contributed by atoms with Crippen LogP contribution in [0.3, 0.4) is 0 Å². The van der Waals surface area contributed by atoms with E-state index in [1.807, 2.05) is 6.92 Å². The Morgan fingerprint density at radius 3 is 2.75 bits per heavy atom. The molecular formula is C12H15Cl2NO. The number of ketones is 1. The van der Waals surface area contributed by atoms with Gasteiger partial charge in [0.25, 0.3) is 0 Å². The van der Waals surface area contributed by atoms with Gasteiger partial charge in [0.05, 0.1) is 5.02 Å². The molecule has 0 fully saturated rings. The summed E-state index contributed by atoms with van der Waals surface area (Å²) in [6.45, 7) is 2.04. The second kappa shape index (κ2) is 6.24. The maximum absolute atomic E-state index is 11.9. The largest absolute Gasteiger partial charge is 0.327 e. The van der Waals surface area contributed by atoms with E-state index in [1.54, 1.807) is 18.2 Å². The molecule has 0 aliphatic rings. The maximum atomic E-state index is 11.9. The van der Waals surface area contributed by atoms with Crippen LogP contribution < -0.4 is 5.73 Å². The normalized spacial score (nSPS) is 12.5. The highest BCUT2D eigenvalue weighted by molar-refractivity contribution is 6.35. The second-order valence-corrected chi connectivity index (χ2v) is 4.64. The lowest BCUT2D eigenvalue weighted by Gasteiger charge is -2.10. The van der Waals surface area contributed by atoms with E-state index in [0.29, 0.717) is 22.0 Å². The summed E-state index contributed by atoms with van der Waals surface area (Å²) in [6, 6.07) is 4.77. The molecular weight excluding hydrogens is 245 g/mol. The number of rotatable bonds is 5. The molecule has 0 heterocycles. The Hall–Kier alpha value is -0.570. The summed E-state index contributed by atoms with van der Waals surface area (Å²) >= 11 is 11.7. The fraction of sp³-hybridized carbons (Fsp3) is 0.417. The molecule has 0 saturated heterocycles. The molecule has 0 spiro atoms. The van der Waals surface area contributed by atoms with Gasteiger partial charge in [0.2, 0.25) is 0 Å². The Morgan fingerprint density at radius 2 is 2.12 bits per heavy atom. The van der Waals surface area contributed by atoms with Crippen molar-refractivity contribution < 1.29 is 4.79 Å². The van der Waals surface area contributed by atoms with Gasteiger partial charge in [-0.15, -0.1) is 0 Å². The molecule has 0 aliphatic carbocycles. The number of hydrogen-bond acceptors (Lipinski definition) is 2. The quantitative estimate of drug-likeness (QED) is 0.820. The van der Waals surface area contributed by atoms with Crippen LogP contribution >= 0.6 is 23.2 Å². The molecule has 1 unspecified atom stereocenters. The van der Waals surface area contributed by atoms with E-state index in [0.717, 1.165) is 12.8 Å². The van der Waals surface area contributed by atoms with Crippen LogP contribution in [0.2, 0.25) is 10.0 Å². The van der Waals surface area contributed by atoms with Crippen LogP contribution in [0.25, 0.3) is 0 Å². The van der Waals surface area contributed by atoms with Crippen molar-refractivity contribution in [3.05, 3.63) is 33.8 Å². The first-order valence-electron chi connectivity index (χ1n) is 5.28. The van der Waals surface area contributed by atoms with E-state index in [-0.39, 0.29) is 11.8 Å². The Kier molecular flexibility index (Phi) is 5.26. The summed E-state index contributed by atoms with van der Waals surface area (Å²) in [5, 5.41) is 0.940. The van der Waals surface area contributed by atoms with Gasteiger partial charge in [-0.1, -0.05) is 36.5 Å². The summed E-state index contributed by atoms with van der Waals surface area (Å²) < 4.78 is 0. The highest BCUT2D eigenvalue weighted by Gasteiger charge is 2.14. The van der Waals surface area contributed by atoms with Gasteiger partial charge in [0, 0.05) is 23.0 Å². The van der Waals surface area contributed by atoms with E-state index in [9.17, 15) is 4.79 Å². The van der Waals surface area contributed by atoms with Crippen molar-refractivity contribution in [3.8, 4) is 0 Å². The summed E-state index contributed by atoms with van der Waals surface area (Å²) in [5.74, 6) is -0.0477. The van der Waals surface area contributed by atoms with Crippen LogP contribution in [0.5, 0.6) is 0 Å². The number of carbonyl (C=O) groups is 1. The number of carbonyl (C=O) groups excluding carboxylic acids is 1. The molecule has 1 aromatic carbocycles. The second-order valence-electron chi connectivity index (χ2n) is 3.80. The van der Waals surface area contributed by atoms with E-state index < -0.39 is 0 Å². The Balaban J connectivity index is 2.76. The molecule has 88 valence electrons. The van der Waals surface area contributed by atoms with Gasteiger partial charge in [-0.3, -0.25) is 4.79 Å². The summed E-state index contributed by atoms with van der Waals surface area (Å²) in [5.41, 5.74) is 6.27. The van der Waals surface area contributed by atoms with E-state index in [1.165, 1.54) is 0 Å². The van der Waals surface area contributed by atoms with Gasteiger partial charge >= 0.3 is 0 Å². The van der Waals surface area contributed by atoms with Crippen LogP contribution in [0.1, 0.15) is 36.5 Å². The van der Waals surface area contributed by atoms with Crippen molar-refractivity contribution in [1.29, 1.82) is 0 Å². The van der Waals surface area contributed by atoms with Gasteiger partial charge < -0.3 is 5.73 Å². The lowest BCUT2D eigenvalue weighted by atomic mass is 10.0. The average Bonchev–Trinajstić information content (AvgIpc) is 2.21. The number of nitrogens with two attached hydrogens (primary N) is 1. The molecule has 16 heavy (non-hydrogen) atoms. The number of hydrogen-bond donors (Lipinski definition) is 1. The van der Waals surface area contributed by atoms with Crippen molar-refractivity contribution in [2.24, 2.45) is 5.73 Å². The summed E-state index contributed by atoms with van der Waals surface area (Å²) in [7, 11) is 0. The summed E-state index contributed by atoms with van der Waals surface area (Å²) in [6.07, 6.45) is 2.12. The standard InChI is InChI=1S/C12H15Cl2NO/c1-2-3-9(15)7-12(16)10-6-8(13)4-5-11(10)14/h4-6,9H,2-3,7,15H2,1H3. The molecule has 4 heteroatoms. The molecule has 2 nitrogen and oxygen atoms in total. The zero-order chi connectivity index (χ0) is 12.1. The third-order valence-corrected chi connectivity index (χ3v) is 2.90. The minimum absolute atomic E-state index is 0.0477. The zero-order valence-electron chi connectivity index (χ0n) is 9.17. The van der Waals surface area contributed by atoms with Gasteiger partial charge in [-0.05, 0) is 24.6 Å². The van der Waals surface area contributed by atoms with Crippen LogP contribution in [0.15, 0.2) is 18.2 Å². The van der Waals surface area contributed by atoms with Gasteiger partial charge in [-0.2, -0.15) is 0 Å². The first-order valence-corrected chi connectivity index (χ1v) is 6.04. The van der Waals surface area contributed by atoms with Gasteiger partial charge in [0.15, 0.2) is 5.78 Å². The lowest BCUT2D eigenvalue weighted by molar-refractivity contribution is 0.0973. The number of halogens is 2. The highest BCUT2D eigenvalue weighted by Crippen LogP contribution is 2.22. The summed E-state index contributed by atoms with van der Waals surface area (Å²) in [4.78, 5) is 11.9. The predicted octanol–water partition coefficient (Wildman–Crippen LogP) is 3.69. The Morgan fingerprint density at radius 1 is 1.44 bits per heavy atom. The predicted molar refractivity (Wildman–Crippen MR) is 68.3 cm³/mol. The van der Waals surface area contributed by atoms with Gasteiger partial charge in [0.1, 0.15) is 0 Å². The topological polar surface area (TPSA) is 43.1 Å². The van der Waals surface area contributed by atoms with Crippen molar-refractivity contribution in [3.63, 3.8) is 0 Å². The Labute approximate surface area is 106 Å². The number of benzene rings is 1. The molecule has 0 aromatic heterocycles. The first-order chi connectivity index (χ1) is 7.54. The van der Waals surface area contributed by atoms with Crippen LogP contribution in [0, 0.1) is 0 Å². The lowest BCUT2D eigenvalue weighted by Crippen LogP contribution is -2.23.